The fourth-order valence-electron chi connectivity index (χ4n) is 2.99. The minimum atomic E-state index is -3.91. The number of anilines is 1. The molecular formula is C21H24FN5O3S. The Hall–Kier alpha value is -3.11. The number of carbonyl (C=O) groups is 1. The van der Waals surface area contributed by atoms with Gasteiger partial charge in [-0.15, -0.1) is 0 Å². The zero-order valence-electron chi connectivity index (χ0n) is 17.4. The lowest BCUT2D eigenvalue weighted by atomic mass is 10.0. The van der Waals surface area contributed by atoms with Crippen LogP contribution < -0.4 is 10.0 Å². The standard InChI is InChI=1S/C21H24FN5O3S/c1-14(2)10-19(26-31(29,30)17-7-4-15(3)5-8-17)21(28)25-16-6-9-20(18(22)11-16)27-13-23-12-24-27/h4-9,11-14,19,26H,10H2,1-3H3,(H,25,28). The van der Waals surface area contributed by atoms with Crippen LogP contribution in [-0.2, 0) is 14.8 Å². The number of aryl methyl sites for hydroxylation is 1. The molecule has 1 unspecified atom stereocenters. The van der Waals surface area contributed by atoms with E-state index in [2.05, 4.69) is 20.1 Å². The average Bonchev–Trinajstić information content (AvgIpc) is 3.22. The molecule has 1 atom stereocenters. The lowest BCUT2D eigenvalue weighted by Gasteiger charge is -2.20. The Morgan fingerprint density at radius 2 is 1.87 bits per heavy atom. The third kappa shape index (κ3) is 5.74. The Labute approximate surface area is 180 Å². The predicted molar refractivity (Wildman–Crippen MR) is 115 cm³/mol. The molecule has 1 aromatic heterocycles. The summed E-state index contributed by atoms with van der Waals surface area (Å²) >= 11 is 0. The fourth-order valence-corrected chi connectivity index (χ4v) is 4.19. The molecule has 2 N–H and O–H groups in total. The highest BCUT2D eigenvalue weighted by Crippen LogP contribution is 2.19. The summed E-state index contributed by atoms with van der Waals surface area (Å²) in [6.45, 7) is 5.62. The third-order valence-electron chi connectivity index (χ3n) is 4.53. The average molecular weight is 446 g/mol. The first-order valence-electron chi connectivity index (χ1n) is 9.70. The number of halogens is 1. The predicted octanol–water partition coefficient (Wildman–Crippen LogP) is 3.05. The van der Waals surface area contributed by atoms with Gasteiger partial charge in [-0.25, -0.2) is 22.5 Å². The Morgan fingerprint density at radius 1 is 1.16 bits per heavy atom. The highest BCUT2D eigenvalue weighted by atomic mass is 32.2. The first kappa shape index (κ1) is 22.6. The van der Waals surface area contributed by atoms with Gasteiger partial charge in [-0.05, 0) is 49.6 Å². The van der Waals surface area contributed by atoms with Gasteiger partial charge in [-0.2, -0.15) is 9.82 Å². The third-order valence-corrected chi connectivity index (χ3v) is 6.02. The topological polar surface area (TPSA) is 106 Å². The second-order valence-electron chi connectivity index (χ2n) is 7.61. The Bertz CT molecular complexity index is 1150. The van der Waals surface area contributed by atoms with Crippen LogP contribution in [0.25, 0.3) is 5.69 Å². The van der Waals surface area contributed by atoms with Crippen molar-refractivity contribution in [2.75, 3.05) is 5.32 Å². The molecule has 164 valence electrons. The van der Waals surface area contributed by atoms with E-state index in [-0.39, 0.29) is 28.6 Å². The number of nitrogens with one attached hydrogen (secondary N) is 2. The molecule has 10 heteroatoms. The highest BCUT2D eigenvalue weighted by Gasteiger charge is 2.27. The van der Waals surface area contributed by atoms with E-state index in [0.717, 1.165) is 11.6 Å². The summed E-state index contributed by atoms with van der Waals surface area (Å²) < 4.78 is 43.7. The Balaban J connectivity index is 1.78. The Morgan fingerprint density at radius 3 is 2.45 bits per heavy atom. The maximum absolute atomic E-state index is 14.4. The molecule has 0 radical (unpaired) electrons. The molecule has 0 saturated heterocycles. The molecular weight excluding hydrogens is 421 g/mol. The van der Waals surface area contributed by atoms with Crippen molar-refractivity contribution in [3.05, 3.63) is 66.5 Å². The quantitative estimate of drug-likeness (QED) is 0.554. The molecule has 1 heterocycles. The monoisotopic (exact) mass is 445 g/mol. The normalized spacial score (nSPS) is 12.7. The van der Waals surface area contributed by atoms with Crippen molar-refractivity contribution in [1.82, 2.24) is 19.5 Å². The molecule has 0 fully saturated rings. The van der Waals surface area contributed by atoms with E-state index in [1.165, 1.54) is 41.6 Å². The van der Waals surface area contributed by atoms with Gasteiger partial charge in [0.25, 0.3) is 0 Å². The molecule has 0 bridgehead atoms. The van der Waals surface area contributed by atoms with Crippen molar-refractivity contribution in [2.45, 2.75) is 38.1 Å². The van der Waals surface area contributed by atoms with Crippen LogP contribution in [-0.4, -0.2) is 35.1 Å². The lowest BCUT2D eigenvalue weighted by molar-refractivity contribution is -0.118. The van der Waals surface area contributed by atoms with Gasteiger partial charge < -0.3 is 5.32 Å². The molecule has 1 amide bonds. The summed E-state index contributed by atoms with van der Waals surface area (Å²) in [5.41, 5.74) is 1.30. The molecule has 3 aromatic rings. The van der Waals surface area contributed by atoms with Gasteiger partial charge in [0, 0.05) is 5.69 Å². The van der Waals surface area contributed by atoms with Gasteiger partial charge in [0.2, 0.25) is 15.9 Å². The van der Waals surface area contributed by atoms with Gasteiger partial charge in [-0.3, -0.25) is 4.79 Å². The van der Waals surface area contributed by atoms with E-state index in [4.69, 9.17) is 0 Å². The number of sulfonamides is 1. The van der Waals surface area contributed by atoms with Crippen LogP contribution in [0.15, 0.2) is 60.0 Å². The molecule has 0 spiro atoms. The smallest absolute Gasteiger partial charge is 0.242 e. The molecule has 31 heavy (non-hydrogen) atoms. The van der Waals surface area contributed by atoms with Crippen molar-refractivity contribution in [3.8, 4) is 5.69 Å². The minimum Gasteiger partial charge on any atom is -0.325 e. The van der Waals surface area contributed by atoms with Crippen LogP contribution >= 0.6 is 0 Å². The van der Waals surface area contributed by atoms with Crippen molar-refractivity contribution in [3.63, 3.8) is 0 Å². The van der Waals surface area contributed by atoms with Gasteiger partial charge in [0.15, 0.2) is 5.82 Å². The van der Waals surface area contributed by atoms with E-state index >= 15 is 0 Å². The number of amides is 1. The molecule has 0 aliphatic heterocycles. The largest absolute Gasteiger partial charge is 0.325 e. The van der Waals surface area contributed by atoms with Crippen LogP contribution in [0, 0.1) is 18.7 Å². The number of hydrogen-bond donors (Lipinski definition) is 2. The van der Waals surface area contributed by atoms with Crippen molar-refractivity contribution in [2.24, 2.45) is 5.92 Å². The molecule has 0 saturated carbocycles. The van der Waals surface area contributed by atoms with Gasteiger partial charge in [0.1, 0.15) is 24.4 Å². The number of hydrogen-bond acceptors (Lipinski definition) is 5. The van der Waals surface area contributed by atoms with Crippen molar-refractivity contribution in [1.29, 1.82) is 0 Å². The van der Waals surface area contributed by atoms with E-state index in [1.54, 1.807) is 12.1 Å². The van der Waals surface area contributed by atoms with E-state index < -0.39 is 27.8 Å². The zero-order valence-corrected chi connectivity index (χ0v) is 18.2. The number of nitrogens with zero attached hydrogens (tertiary/aromatic N) is 3. The summed E-state index contributed by atoms with van der Waals surface area (Å²) in [7, 11) is -3.91. The van der Waals surface area contributed by atoms with Gasteiger partial charge in [0.05, 0.1) is 4.90 Å². The maximum atomic E-state index is 14.4. The summed E-state index contributed by atoms with van der Waals surface area (Å²) in [4.78, 5) is 16.7. The molecule has 3 rings (SSSR count). The second kappa shape index (κ2) is 9.36. The summed E-state index contributed by atoms with van der Waals surface area (Å²) in [6, 6.07) is 9.43. The van der Waals surface area contributed by atoms with Crippen LogP contribution in [0.1, 0.15) is 25.8 Å². The maximum Gasteiger partial charge on any atom is 0.242 e. The second-order valence-corrected chi connectivity index (χ2v) is 9.33. The number of aromatic nitrogens is 3. The van der Waals surface area contributed by atoms with E-state index in [0.29, 0.717) is 0 Å². The van der Waals surface area contributed by atoms with Gasteiger partial charge >= 0.3 is 0 Å². The van der Waals surface area contributed by atoms with Crippen LogP contribution in [0.3, 0.4) is 0 Å². The SMILES string of the molecule is Cc1ccc(S(=O)(=O)NC(CC(C)C)C(=O)Nc2ccc(-n3cncn3)c(F)c2)cc1. The van der Waals surface area contributed by atoms with E-state index in [1.807, 2.05) is 20.8 Å². The van der Waals surface area contributed by atoms with Gasteiger partial charge in [-0.1, -0.05) is 31.5 Å². The lowest BCUT2D eigenvalue weighted by Crippen LogP contribution is -2.44. The number of benzene rings is 2. The van der Waals surface area contributed by atoms with E-state index in [9.17, 15) is 17.6 Å². The van der Waals surface area contributed by atoms with Crippen LogP contribution in [0.5, 0.6) is 0 Å². The highest BCUT2D eigenvalue weighted by molar-refractivity contribution is 7.89. The number of rotatable bonds is 8. The summed E-state index contributed by atoms with van der Waals surface area (Å²) in [5.74, 6) is -1.14. The minimum absolute atomic E-state index is 0.0443. The summed E-state index contributed by atoms with van der Waals surface area (Å²) in [6.07, 6.45) is 2.91. The first-order valence-corrected chi connectivity index (χ1v) is 11.2. The molecule has 2 aromatic carbocycles. The van der Waals surface area contributed by atoms with Crippen molar-refractivity contribution < 1.29 is 17.6 Å². The first-order chi connectivity index (χ1) is 14.7. The Kier molecular flexibility index (Phi) is 6.81. The fraction of sp³-hybridized carbons (Fsp3) is 0.286. The van der Waals surface area contributed by atoms with Crippen LogP contribution in [0.4, 0.5) is 10.1 Å². The zero-order chi connectivity index (χ0) is 22.6. The number of carbonyl (C=O) groups excluding carboxylic acids is 1. The molecule has 8 nitrogen and oxygen atoms in total. The molecule has 0 aliphatic rings. The van der Waals surface area contributed by atoms with Crippen molar-refractivity contribution >= 4 is 21.6 Å². The van der Waals surface area contributed by atoms with Crippen LogP contribution in [0.2, 0.25) is 0 Å². The summed E-state index contributed by atoms with van der Waals surface area (Å²) in [5, 5.41) is 6.47. The molecule has 0 aliphatic carbocycles.